The largest absolute Gasteiger partial charge is 0.368 e. The summed E-state index contributed by atoms with van der Waals surface area (Å²) in [5, 5.41) is 0. The molecule has 0 aliphatic carbocycles. The molecule has 1 heterocycles. The van der Waals surface area contributed by atoms with Crippen LogP contribution in [0.15, 0.2) is 24.3 Å². The maximum Gasteiger partial charge on any atom is 0.234 e. The van der Waals surface area contributed by atoms with Gasteiger partial charge in [-0.25, -0.2) is 0 Å². The molecule has 0 radical (unpaired) electrons. The van der Waals surface area contributed by atoms with Gasteiger partial charge in [-0.3, -0.25) is 14.5 Å². The van der Waals surface area contributed by atoms with Crippen LogP contribution in [0.4, 0.5) is 0 Å². The van der Waals surface area contributed by atoms with Gasteiger partial charge in [0.1, 0.15) is 0 Å². The Labute approximate surface area is 139 Å². The van der Waals surface area contributed by atoms with Crippen molar-refractivity contribution >= 4 is 11.7 Å². The normalized spacial score (nSPS) is 18.1. The van der Waals surface area contributed by atoms with Gasteiger partial charge < -0.3 is 5.73 Å². The molecular formula is C19H28N2O2. The number of amides is 1. The number of carbonyl (C=O) groups excluding carboxylic acids is 2. The molecule has 2 rings (SSSR count). The summed E-state index contributed by atoms with van der Waals surface area (Å²) in [6.07, 6.45) is 2.63. The number of likely N-dealkylation sites (tertiary alicyclic amines) is 1. The van der Waals surface area contributed by atoms with Crippen LogP contribution < -0.4 is 5.73 Å². The second-order valence-corrected chi connectivity index (χ2v) is 7.05. The van der Waals surface area contributed by atoms with Gasteiger partial charge in [-0.15, -0.1) is 0 Å². The van der Waals surface area contributed by atoms with Gasteiger partial charge in [0.25, 0.3) is 0 Å². The van der Waals surface area contributed by atoms with Crippen LogP contribution >= 0.6 is 0 Å². The highest BCUT2D eigenvalue weighted by atomic mass is 16.1. The van der Waals surface area contributed by atoms with Crippen molar-refractivity contribution in [3.63, 3.8) is 0 Å². The topological polar surface area (TPSA) is 63.4 Å². The molecule has 23 heavy (non-hydrogen) atoms. The van der Waals surface area contributed by atoms with E-state index in [1.165, 1.54) is 5.56 Å². The Bertz CT molecular complexity index is 543. The van der Waals surface area contributed by atoms with E-state index in [1.54, 1.807) is 0 Å². The van der Waals surface area contributed by atoms with Gasteiger partial charge >= 0.3 is 0 Å². The van der Waals surface area contributed by atoms with Gasteiger partial charge in [0.05, 0.1) is 6.04 Å². The zero-order valence-corrected chi connectivity index (χ0v) is 14.4. The molecule has 1 aromatic rings. The van der Waals surface area contributed by atoms with Crippen molar-refractivity contribution in [2.24, 2.45) is 17.6 Å². The van der Waals surface area contributed by atoms with Crippen LogP contribution in [0.2, 0.25) is 0 Å². The Morgan fingerprint density at radius 3 is 2.17 bits per heavy atom. The molecule has 1 aliphatic heterocycles. The van der Waals surface area contributed by atoms with Crippen LogP contribution in [0.3, 0.4) is 0 Å². The van der Waals surface area contributed by atoms with E-state index in [2.05, 4.69) is 30.9 Å². The second kappa shape index (κ2) is 7.73. The lowest BCUT2D eigenvalue weighted by Crippen LogP contribution is -2.47. The summed E-state index contributed by atoms with van der Waals surface area (Å²) in [5.74, 6) is 0.610. The Balaban J connectivity index is 1.93. The van der Waals surface area contributed by atoms with E-state index in [0.717, 1.165) is 37.9 Å². The standard InChI is InChI=1S/C19H28N2O2/c1-13(2)12-15-4-6-16(7-5-15)18(22)17-8-10-21(11-9-17)14(3)19(20)23/h4-7,13-14,17H,8-12H2,1-3H3,(H2,20,23)/t14-/m1/s1. The first-order chi connectivity index (χ1) is 10.9. The van der Waals surface area contributed by atoms with Crippen LogP contribution in [-0.4, -0.2) is 35.7 Å². The quantitative estimate of drug-likeness (QED) is 0.821. The lowest BCUT2D eigenvalue weighted by Gasteiger charge is -2.34. The minimum Gasteiger partial charge on any atom is -0.368 e. The maximum atomic E-state index is 12.6. The maximum absolute atomic E-state index is 12.6. The Hall–Kier alpha value is -1.68. The molecule has 2 N–H and O–H groups in total. The predicted molar refractivity (Wildman–Crippen MR) is 92.3 cm³/mol. The summed E-state index contributed by atoms with van der Waals surface area (Å²) >= 11 is 0. The van der Waals surface area contributed by atoms with Crippen LogP contribution in [0, 0.1) is 11.8 Å². The molecule has 4 heteroatoms. The Morgan fingerprint density at radius 2 is 1.70 bits per heavy atom. The molecular weight excluding hydrogens is 288 g/mol. The van der Waals surface area contributed by atoms with Crippen molar-refractivity contribution in [1.82, 2.24) is 4.90 Å². The molecule has 1 atom stereocenters. The molecule has 1 saturated heterocycles. The minimum atomic E-state index is -0.296. The lowest BCUT2D eigenvalue weighted by molar-refractivity contribution is -0.123. The number of piperidine rings is 1. The van der Waals surface area contributed by atoms with Crippen LogP contribution in [0.1, 0.15) is 49.5 Å². The van der Waals surface area contributed by atoms with Gasteiger partial charge in [0.15, 0.2) is 5.78 Å². The van der Waals surface area contributed by atoms with E-state index in [1.807, 2.05) is 19.1 Å². The molecule has 1 amide bonds. The van der Waals surface area contributed by atoms with Crippen LogP contribution in [0.5, 0.6) is 0 Å². The number of rotatable bonds is 6. The van der Waals surface area contributed by atoms with Crippen molar-refractivity contribution < 1.29 is 9.59 Å². The minimum absolute atomic E-state index is 0.0577. The zero-order chi connectivity index (χ0) is 17.0. The van der Waals surface area contributed by atoms with E-state index in [0.29, 0.717) is 5.92 Å². The fourth-order valence-corrected chi connectivity index (χ4v) is 3.24. The average Bonchev–Trinajstić information content (AvgIpc) is 2.53. The van der Waals surface area contributed by atoms with Gasteiger partial charge in [0, 0.05) is 11.5 Å². The first kappa shape index (κ1) is 17.7. The summed E-state index contributed by atoms with van der Waals surface area (Å²) in [5.41, 5.74) is 7.44. The van der Waals surface area contributed by atoms with Gasteiger partial charge in [0.2, 0.25) is 5.91 Å². The molecule has 0 unspecified atom stereocenters. The zero-order valence-electron chi connectivity index (χ0n) is 14.4. The first-order valence-corrected chi connectivity index (χ1v) is 8.55. The molecule has 4 nitrogen and oxygen atoms in total. The van der Waals surface area contributed by atoms with E-state index >= 15 is 0 Å². The lowest BCUT2D eigenvalue weighted by atomic mass is 9.88. The summed E-state index contributed by atoms with van der Waals surface area (Å²) in [4.78, 5) is 26.0. The van der Waals surface area contributed by atoms with Crippen LogP contribution in [-0.2, 0) is 11.2 Å². The number of hydrogen-bond acceptors (Lipinski definition) is 3. The van der Waals surface area contributed by atoms with Gasteiger partial charge in [-0.1, -0.05) is 38.1 Å². The number of ketones is 1. The summed E-state index contributed by atoms with van der Waals surface area (Å²) in [7, 11) is 0. The molecule has 0 saturated carbocycles. The summed E-state index contributed by atoms with van der Waals surface area (Å²) in [6.45, 7) is 7.73. The highest BCUT2D eigenvalue weighted by Gasteiger charge is 2.29. The van der Waals surface area contributed by atoms with E-state index in [-0.39, 0.29) is 23.7 Å². The number of nitrogens with zero attached hydrogens (tertiary/aromatic N) is 1. The van der Waals surface area contributed by atoms with Gasteiger partial charge in [-0.2, -0.15) is 0 Å². The Morgan fingerprint density at radius 1 is 1.13 bits per heavy atom. The first-order valence-electron chi connectivity index (χ1n) is 8.55. The van der Waals surface area contributed by atoms with Crippen molar-refractivity contribution in [3.05, 3.63) is 35.4 Å². The van der Waals surface area contributed by atoms with E-state index < -0.39 is 0 Å². The third-order valence-electron chi connectivity index (χ3n) is 4.74. The number of primary amides is 1. The number of benzene rings is 1. The number of hydrogen-bond donors (Lipinski definition) is 1. The molecule has 1 fully saturated rings. The van der Waals surface area contributed by atoms with Crippen LogP contribution in [0.25, 0.3) is 0 Å². The predicted octanol–water partition coefficient (Wildman–Crippen LogP) is 2.65. The third-order valence-corrected chi connectivity index (χ3v) is 4.74. The van der Waals surface area contributed by atoms with Crippen molar-refractivity contribution in [2.45, 2.75) is 46.1 Å². The molecule has 1 aromatic carbocycles. The summed E-state index contributed by atoms with van der Waals surface area (Å²) < 4.78 is 0. The number of carbonyl (C=O) groups is 2. The van der Waals surface area contributed by atoms with Gasteiger partial charge in [-0.05, 0) is 50.8 Å². The molecule has 0 spiro atoms. The second-order valence-electron chi connectivity index (χ2n) is 7.05. The average molecular weight is 316 g/mol. The fraction of sp³-hybridized carbons (Fsp3) is 0.579. The van der Waals surface area contributed by atoms with E-state index in [9.17, 15) is 9.59 Å². The summed E-state index contributed by atoms with van der Waals surface area (Å²) in [6, 6.07) is 7.80. The Kier molecular flexibility index (Phi) is 5.94. The SMILES string of the molecule is CC(C)Cc1ccc(C(=O)C2CCN([C@H](C)C(N)=O)CC2)cc1. The van der Waals surface area contributed by atoms with Crippen molar-refractivity contribution in [3.8, 4) is 0 Å². The fourth-order valence-electron chi connectivity index (χ4n) is 3.24. The highest BCUT2D eigenvalue weighted by molar-refractivity contribution is 5.98. The monoisotopic (exact) mass is 316 g/mol. The molecule has 0 aromatic heterocycles. The highest BCUT2D eigenvalue weighted by Crippen LogP contribution is 2.23. The number of Topliss-reactive ketones (excluding diaryl/α,β-unsaturated/α-hetero) is 1. The molecule has 1 aliphatic rings. The smallest absolute Gasteiger partial charge is 0.234 e. The third kappa shape index (κ3) is 4.64. The van der Waals surface area contributed by atoms with Crippen molar-refractivity contribution in [1.29, 1.82) is 0 Å². The molecule has 0 bridgehead atoms. The number of nitrogens with two attached hydrogens (primary N) is 1. The van der Waals surface area contributed by atoms with E-state index in [4.69, 9.17) is 5.73 Å². The molecule has 126 valence electrons. The van der Waals surface area contributed by atoms with Crippen molar-refractivity contribution in [2.75, 3.05) is 13.1 Å².